The van der Waals surface area contributed by atoms with Gasteiger partial charge in [0, 0.05) is 32.3 Å². The van der Waals surface area contributed by atoms with E-state index in [0.29, 0.717) is 30.3 Å². The van der Waals surface area contributed by atoms with Crippen LogP contribution in [0.1, 0.15) is 40.2 Å². The van der Waals surface area contributed by atoms with E-state index >= 15 is 0 Å². The molecule has 8 nitrogen and oxygen atoms in total. The Morgan fingerprint density at radius 3 is 2.80 bits per heavy atom. The first-order chi connectivity index (χ1) is 17.2. The summed E-state index contributed by atoms with van der Waals surface area (Å²) in [5, 5.41) is 11.3. The lowest BCUT2D eigenvalue weighted by Gasteiger charge is -2.30. The van der Waals surface area contributed by atoms with Crippen molar-refractivity contribution >= 4 is 17.5 Å². The van der Waals surface area contributed by atoms with E-state index in [9.17, 15) is 9.18 Å². The molecule has 0 unspecified atom stereocenters. The molecule has 4 aromatic rings. The fourth-order valence-electron chi connectivity index (χ4n) is 4.80. The highest BCUT2D eigenvalue weighted by atomic mass is 19.1. The first kappa shape index (κ1) is 21.4. The lowest BCUT2D eigenvalue weighted by atomic mass is 9.96. The van der Waals surface area contributed by atoms with E-state index < -0.39 is 11.7 Å². The van der Waals surface area contributed by atoms with Crippen LogP contribution in [0.25, 0.3) is 11.5 Å². The van der Waals surface area contributed by atoms with Gasteiger partial charge in [-0.2, -0.15) is 0 Å². The molecule has 0 radical (unpaired) electrons. The van der Waals surface area contributed by atoms with Gasteiger partial charge in [0.05, 0.1) is 5.56 Å². The van der Waals surface area contributed by atoms with Crippen molar-refractivity contribution in [1.82, 2.24) is 24.7 Å². The third-order valence-electron chi connectivity index (χ3n) is 6.60. The monoisotopic (exact) mass is 469 g/mol. The topological polar surface area (TPSA) is 88.8 Å². The molecule has 0 bridgehead atoms. The Morgan fingerprint density at radius 2 is 1.91 bits per heavy atom. The van der Waals surface area contributed by atoms with Gasteiger partial charge in [-0.3, -0.25) is 4.79 Å². The van der Waals surface area contributed by atoms with Crippen molar-refractivity contribution < 1.29 is 9.18 Å². The molecule has 1 aromatic carbocycles. The van der Waals surface area contributed by atoms with Crippen molar-refractivity contribution in [2.75, 3.05) is 16.8 Å². The molecule has 5 heterocycles. The number of hydrogen-bond acceptors (Lipinski definition) is 6. The second-order valence-electron chi connectivity index (χ2n) is 8.87. The molecular weight excluding hydrogens is 445 g/mol. The number of anilines is 2. The standard InChI is InChI=1S/C26H24FN7O/c27-20-15-17-10-13-33(23-8-1-3-11-28-23)16-18(17)14-19(20)26(35)30-22-7-5-6-21(29-22)25-32-31-24-9-2-4-12-34(24)25/h1,3,5-8,11,14-15H,2,4,9-10,12-13,16H2,(H,29,30,35). The molecule has 35 heavy (non-hydrogen) atoms. The number of carbonyl (C=O) groups is 1. The maximum atomic E-state index is 14.9. The minimum absolute atomic E-state index is 0.00122. The van der Waals surface area contributed by atoms with Gasteiger partial charge in [-0.15, -0.1) is 10.2 Å². The van der Waals surface area contributed by atoms with Crippen LogP contribution in [0.4, 0.5) is 16.0 Å². The first-order valence-electron chi connectivity index (χ1n) is 11.8. The van der Waals surface area contributed by atoms with Crippen LogP contribution in [-0.4, -0.2) is 37.2 Å². The third kappa shape index (κ3) is 4.14. The highest BCUT2D eigenvalue weighted by molar-refractivity contribution is 6.04. The molecule has 0 atom stereocenters. The van der Waals surface area contributed by atoms with E-state index in [2.05, 4.69) is 34.9 Å². The molecule has 6 rings (SSSR count). The highest BCUT2D eigenvalue weighted by Gasteiger charge is 2.23. The molecule has 9 heteroatoms. The number of halogens is 1. The number of nitrogens with zero attached hydrogens (tertiary/aromatic N) is 6. The first-order valence-corrected chi connectivity index (χ1v) is 11.8. The van der Waals surface area contributed by atoms with E-state index in [4.69, 9.17) is 0 Å². The zero-order chi connectivity index (χ0) is 23.8. The Labute approximate surface area is 201 Å². The maximum absolute atomic E-state index is 14.9. The summed E-state index contributed by atoms with van der Waals surface area (Å²) in [7, 11) is 0. The fourth-order valence-corrected chi connectivity index (χ4v) is 4.80. The van der Waals surface area contributed by atoms with Gasteiger partial charge >= 0.3 is 0 Å². The van der Waals surface area contributed by atoms with Crippen LogP contribution in [0.5, 0.6) is 0 Å². The molecule has 0 aliphatic carbocycles. The smallest absolute Gasteiger partial charge is 0.259 e. The lowest BCUT2D eigenvalue weighted by Crippen LogP contribution is -2.31. The molecule has 2 aliphatic rings. The highest BCUT2D eigenvalue weighted by Crippen LogP contribution is 2.27. The van der Waals surface area contributed by atoms with Gasteiger partial charge in [-0.05, 0) is 66.8 Å². The number of aryl methyl sites for hydroxylation is 1. The minimum atomic E-state index is -0.534. The minimum Gasteiger partial charge on any atom is -0.352 e. The summed E-state index contributed by atoms with van der Waals surface area (Å²) in [6.07, 6.45) is 5.53. The van der Waals surface area contributed by atoms with Gasteiger partial charge < -0.3 is 14.8 Å². The van der Waals surface area contributed by atoms with Crippen LogP contribution in [0.2, 0.25) is 0 Å². The van der Waals surface area contributed by atoms with E-state index in [-0.39, 0.29) is 5.56 Å². The van der Waals surface area contributed by atoms with E-state index in [1.54, 1.807) is 24.4 Å². The van der Waals surface area contributed by atoms with E-state index in [1.807, 2.05) is 24.3 Å². The Kier molecular flexibility index (Phi) is 5.44. The molecule has 0 saturated carbocycles. The molecule has 1 N–H and O–H groups in total. The van der Waals surface area contributed by atoms with E-state index in [1.165, 1.54) is 6.07 Å². The van der Waals surface area contributed by atoms with Crippen LogP contribution in [0.3, 0.4) is 0 Å². The number of rotatable bonds is 4. The van der Waals surface area contributed by atoms with Crippen molar-refractivity contribution in [1.29, 1.82) is 0 Å². The van der Waals surface area contributed by atoms with Gasteiger partial charge in [0.25, 0.3) is 5.91 Å². The largest absolute Gasteiger partial charge is 0.352 e. The Balaban J connectivity index is 1.24. The van der Waals surface area contributed by atoms with Gasteiger partial charge in [0.15, 0.2) is 5.82 Å². The molecule has 1 amide bonds. The lowest BCUT2D eigenvalue weighted by molar-refractivity contribution is 0.102. The van der Waals surface area contributed by atoms with Crippen molar-refractivity contribution in [2.45, 2.75) is 38.8 Å². The summed E-state index contributed by atoms with van der Waals surface area (Å²) in [5.74, 6) is 1.78. The Morgan fingerprint density at radius 1 is 0.971 bits per heavy atom. The summed E-state index contributed by atoms with van der Waals surface area (Å²) in [4.78, 5) is 24.2. The van der Waals surface area contributed by atoms with Crippen LogP contribution < -0.4 is 10.2 Å². The number of amides is 1. The van der Waals surface area contributed by atoms with Crippen LogP contribution in [0, 0.1) is 5.82 Å². The van der Waals surface area contributed by atoms with Crippen molar-refractivity contribution in [3.05, 3.63) is 83.1 Å². The summed E-state index contributed by atoms with van der Waals surface area (Å²) in [5.41, 5.74) is 2.47. The van der Waals surface area contributed by atoms with Gasteiger partial charge in [0.1, 0.15) is 29.0 Å². The number of aromatic nitrogens is 5. The second kappa shape index (κ2) is 8.90. The van der Waals surface area contributed by atoms with Crippen molar-refractivity contribution in [3.63, 3.8) is 0 Å². The molecule has 2 aliphatic heterocycles. The third-order valence-corrected chi connectivity index (χ3v) is 6.60. The van der Waals surface area contributed by atoms with Crippen LogP contribution in [-0.2, 0) is 25.9 Å². The molecule has 0 spiro atoms. The summed E-state index contributed by atoms with van der Waals surface area (Å²) < 4.78 is 17.0. The van der Waals surface area contributed by atoms with Gasteiger partial charge in [-0.25, -0.2) is 14.4 Å². The quantitative estimate of drug-likeness (QED) is 0.486. The molecular formula is C26H24FN7O. The van der Waals surface area contributed by atoms with Crippen molar-refractivity contribution in [3.8, 4) is 11.5 Å². The number of benzene rings is 1. The summed E-state index contributed by atoms with van der Waals surface area (Å²) >= 11 is 0. The number of fused-ring (bicyclic) bond motifs is 2. The summed E-state index contributed by atoms with van der Waals surface area (Å²) in [6, 6.07) is 14.2. The second-order valence-corrected chi connectivity index (χ2v) is 8.87. The SMILES string of the molecule is O=C(Nc1cccc(-c2nnc3n2CCCC3)n1)c1cc2c(cc1F)CCN(c1ccccn1)C2. The van der Waals surface area contributed by atoms with Crippen LogP contribution >= 0.6 is 0 Å². The predicted octanol–water partition coefficient (Wildman–Crippen LogP) is 4.03. The number of hydrogen-bond donors (Lipinski definition) is 1. The van der Waals surface area contributed by atoms with E-state index in [0.717, 1.165) is 55.1 Å². The van der Waals surface area contributed by atoms with Crippen molar-refractivity contribution in [2.24, 2.45) is 0 Å². The molecule has 0 saturated heterocycles. The van der Waals surface area contributed by atoms with Gasteiger partial charge in [0.2, 0.25) is 0 Å². The average molecular weight is 470 g/mol. The van der Waals surface area contributed by atoms with Crippen LogP contribution in [0.15, 0.2) is 54.7 Å². The summed E-state index contributed by atoms with van der Waals surface area (Å²) in [6.45, 7) is 2.17. The fraction of sp³-hybridized carbons (Fsp3) is 0.269. The zero-order valence-corrected chi connectivity index (χ0v) is 19.1. The van der Waals surface area contributed by atoms with Gasteiger partial charge in [-0.1, -0.05) is 12.1 Å². The number of carbonyl (C=O) groups excluding carboxylic acids is 1. The zero-order valence-electron chi connectivity index (χ0n) is 19.1. The number of pyridine rings is 2. The predicted molar refractivity (Wildman–Crippen MR) is 130 cm³/mol. The number of nitrogens with one attached hydrogen (secondary N) is 1. The Bertz CT molecular complexity index is 1400. The maximum Gasteiger partial charge on any atom is 0.259 e. The average Bonchev–Trinajstić information content (AvgIpc) is 3.33. The molecule has 3 aromatic heterocycles. The molecule has 0 fully saturated rings. The molecule has 176 valence electrons. The normalized spacial score (nSPS) is 14.8. The Hall–Kier alpha value is -4.14.